The van der Waals surface area contributed by atoms with Crippen LogP contribution >= 0.6 is 0 Å². The molecule has 1 saturated heterocycles. The van der Waals surface area contributed by atoms with E-state index in [1.807, 2.05) is 11.0 Å². The predicted octanol–water partition coefficient (Wildman–Crippen LogP) is 1.24. The van der Waals surface area contributed by atoms with Crippen molar-refractivity contribution in [2.45, 2.75) is 26.8 Å². The summed E-state index contributed by atoms with van der Waals surface area (Å²) in [6.07, 6.45) is 2.81. The number of hydrogen-bond donors (Lipinski definition) is 0. The van der Waals surface area contributed by atoms with Crippen LogP contribution in [0.2, 0.25) is 0 Å². The number of nitrogens with zero attached hydrogens (tertiary/aromatic N) is 4. The minimum absolute atomic E-state index is 0.0110. The van der Waals surface area contributed by atoms with Crippen LogP contribution in [0.1, 0.15) is 20.3 Å². The summed E-state index contributed by atoms with van der Waals surface area (Å²) in [7, 11) is 1.68. The lowest BCUT2D eigenvalue weighted by molar-refractivity contribution is -0.134. The number of aryl methyl sites for hydroxylation is 1. The van der Waals surface area contributed by atoms with E-state index in [9.17, 15) is 9.59 Å². The minimum Gasteiger partial charge on any atom is -0.341 e. The van der Waals surface area contributed by atoms with Gasteiger partial charge in [0.1, 0.15) is 6.54 Å². The molecule has 3 rings (SSSR count). The Morgan fingerprint density at radius 2 is 2.00 bits per heavy atom. The van der Waals surface area contributed by atoms with Crippen LogP contribution in [0.3, 0.4) is 0 Å². The van der Waals surface area contributed by atoms with Crippen LogP contribution in [0, 0.1) is 11.8 Å². The number of imidazole rings is 1. The highest BCUT2D eigenvalue weighted by atomic mass is 16.2. The van der Waals surface area contributed by atoms with Gasteiger partial charge >= 0.3 is 5.69 Å². The molecule has 1 aliphatic rings. The van der Waals surface area contributed by atoms with Gasteiger partial charge in [-0.15, -0.1) is 0 Å². The summed E-state index contributed by atoms with van der Waals surface area (Å²) in [6.45, 7) is 5.98. The van der Waals surface area contributed by atoms with Crippen LogP contribution in [0.15, 0.2) is 23.1 Å². The number of aromatic nitrogens is 3. The van der Waals surface area contributed by atoms with Gasteiger partial charge < -0.3 is 4.90 Å². The van der Waals surface area contributed by atoms with Gasteiger partial charge in [0.25, 0.3) is 0 Å². The van der Waals surface area contributed by atoms with Crippen molar-refractivity contribution in [2.75, 3.05) is 13.1 Å². The molecule has 2 aromatic heterocycles. The van der Waals surface area contributed by atoms with Gasteiger partial charge in [0, 0.05) is 26.3 Å². The van der Waals surface area contributed by atoms with Crippen molar-refractivity contribution in [3.63, 3.8) is 0 Å². The van der Waals surface area contributed by atoms with E-state index in [1.54, 1.807) is 19.3 Å². The average molecular weight is 302 g/mol. The van der Waals surface area contributed by atoms with E-state index in [-0.39, 0.29) is 18.1 Å². The molecule has 0 aliphatic carbocycles. The van der Waals surface area contributed by atoms with Crippen molar-refractivity contribution in [3.05, 3.63) is 28.8 Å². The summed E-state index contributed by atoms with van der Waals surface area (Å²) >= 11 is 0. The second-order valence-corrected chi connectivity index (χ2v) is 6.52. The first-order chi connectivity index (χ1) is 10.5. The molecule has 1 fully saturated rings. The van der Waals surface area contributed by atoms with E-state index in [0.717, 1.165) is 19.5 Å². The molecule has 6 heteroatoms. The van der Waals surface area contributed by atoms with Gasteiger partial charge in [0.2, 0.25) is 5.91 Å². The zero-order chi connectivity index (χ0) is 15.9. The van der Waals surface area contributed by atoms with Crippen molar-refractivity contribution in [3.8, 4) is 0 Å². The molecule has 0 bridgehead atoms. The summed E-state index contributed by atoms with van der Waals surface area (Å²) in [5, 5.41) is 0. The van der Waals surface area contributed by atoms with E-state index in [1.165, 1.54) is 9.13 Å². The quantitative estimate of drug-likeness (QED) is 0.838. The lowest BCUT2D eigenvalue weighted by Crippen LogP contribution is -2.44. The molecule has 6 nitrogen and oxygen atoms in total. The molecular weight excluding hydrogens is 280 g/mol. The van der Waals surface area contributed by atoms with Crippen molar-refractivity contribution < 1.29 is 4.79 Å². The maximum atomic E-state index is 12.6. The number of fused-ring (bicyclic) bond motifs is 1. The number of carbonyl (C=O) groups is 1. The summed E-state index contributed by atoms with van der Waals surface area (Å²) in [5.74, 6) is 1.04. The average Bonchev–Trinajstić information content (AvgIpc) is 2.72. The maximum absolute atomic E-state index is 12.6. The summed E-state index contributed by atoms with van der Waals surface area (Å²) < 4.78 is 3.01. The molecule has 0 aromatic carbocycles. The Labute approximate surface area is 129 Å². The molecule has 0 N–H and O–H groups in total. The molecule has 22 heavy (non-hydrogen) atoms. The zero-order valence-corrected chi connectivity index (χ0v) is 13.3. The second-order valence-electron chi connectivity index (χ2n) is 6.52. The molecule has 1 aliphatic heterocycles. The van der Waals surface area contributed by atoms with Gasteiger partial charge in [-0.3, -0.25) is 13.9 Å². The lowest BCUT2D eigenvalue weighted by atomic mass is 9.92. The van der Waals surface area contributed by atoms with Crippen molar-refractivity contribution in [1.82, 2.24) is 19.0 Å². The van der Waals surface area contributed by atoms with Gasteiger partial charge in [0.15, 0.2) is 5.65 Å². The highest BCUT2D eigenvalue weighted by Crippen LogP contribution is 2.21. The molecular formula is C16H22N4O2. The van der Waals surface area contributed by atoms with E-state index in [4.69, 9.17) is 0 Å². The first-order valence-corrected chi connectivity index (χ1v) is 7.75. The van der Waals surface area contributed by atoms with Crippen molar-refractivity contribution in [2.24, 2.45) is 18.9 Å². The van der Waals surface area contributed by atoms with Crippen LogP contribution in [0.5, 0.6) is 0 Å². The van der Waals surface area contributed by atoms with Crippen LogP contribution in [0.4, 0.5) is 0 Å². The molecule has 0 saturated carbocycles. The lowest BCUT2D eigenvalue weighted by Gasteiger charge is -2.35. The molecule has 0 spiro atoms. The SMILES string of the molecule is C[C@H]1C[C@H](C)CN(C(=O)Cn2c(=O)n(C)c3ncccc32)C1. The zero-order valence-electron chi connectivity index (χ0n) is 13.3. The highest BCUT2D eigenvalue weighted by molar-refractivity contribution is 5.79. The van der Waals surface area contributed by atoms with Crippen molar-refractivity contribution in [1.29, 1.82) is 0 Å². The Balaban J connectivity index is 1.89. The second kappa shape index (κ2) is 5.59. The Hall–Kier alpha value is -2.11. The molecule has 3 heterocycles. The molecule has 2 atom stereocenters. The first kappa shape index (κ1) is 14.8. The number of carbonyl (C=O) groups excluding carboxylic acids is 1. The van der Waals surface area contributed by atoms with Gasteiger partial charge in [-0.05, 0) is 30.4 Å². The maximum Gasteiger partial charge on any atom is 0.330 e. The number of likely N-dealkylation sites (tertiary alicyclic amines) is 1. The van der Waals surface area contributed by atoms with Crippen molar-refractivity contribution >= 4 is 17.1 Å². The predicted molar refractivity (Wildman–Crippen MR) is 84.5 cm³/mol. The van der Waals surface area contributed by atoms with E-state index >= 15 is 0 Å². The smallest absolute Gasteiger partial charge is 0.330 e. The number of amides is 1. The number of rotatable bonds is 2. The molecule has 2 aromatic rings. The topological polar surface area (TPSA) is 60.1 Å². The number of hydrogen-bond acceptors (Lipinski definition) is 3. The monoisotopic (exact) mass is 302 g/mol. The third-order valence-electron chi connectivity index (χ3n) is 4.41. The minimum atomic E-state index is -0.194. The summed E-state index contributed by atoms with van der Waals surface area (Å²) in [6, 6.07) is 3.62. The number of pyridine rings is 1. The van der Waals surface area contributed by atoms with Crippen LogP contribution in [-0.4, -0.2) is 38.0 Å². The van der Waals surface area contributed by atoms with Gasteiger partial charge in [-0.1, -0.05) is 13.8 Å². The Kier molecular flexibility index (Phi) is 3.76. The summed E-state index contributed by atoms with van der Waals surface area (Å²) in [5.41, 5.74) is 1.13. The molecule has 1 amide bonds. The summed E-state index contributed by atoms with van der Waals surface area (Å²) in [4.78, 5) is 31.1. The third kappa shape index (κ3) is 2.53. The molecule has 0 unspecified atom stereocenters. The van der Waals surface area contributed by atoms with E-state index < -0.39 is 0 Å². The third-order valence-corrected chi connectivity index (χ3v) is 4.41. The number of piperidine rings is 1. The van der Waals surface area contributed by atoms with Gasteiger partial charge in [-0.2, -0.15) is 0 Å². The van der Waals surface area contributed by atoms with E-state index in [0.29, 0.717) is 23.0 Å². The normalized spacial score (nSPS) is 22.2. The van der Waals surface area contributed by atoms with Crippen LogP contribution in [-0.2, 0) is 18.4 Å². The fourth-order valence-electron chi connectivity index (χ4n) is 3.49. The molecule has 118 valence electrons. The Bertz CT molecular complexity index is 751. The van der Waals surface area contributed by atoms with Crippen LogP contribution < -0.4 is 5.69 Å². The standard InChI is InChI=1S/C16H22N4O2/c1-11-7-12(2)9-19(8-11)14(21)10-20-13-5-4-6-17-15(13)18(3)16(20)22/h4-6,11-12H,7-10H2,1-3H3/t11-,12-/m0/s1. The highest BCUT2D eigenvalue weighted by Gasteiger charge is 2.26. The van der Waals surface area contributed by atoms with Crippen LogP contribution in [0.25, 0.3) is 11.2 Å². The van der Waals surface area contributed by atoms with Gasteiger partial charge in [-0.25, -0.2) is 9.78 Å². The fraction of sp³-hybridized carbons (Fsp3) is 0.562. The molecule has 0 radical (unpaired) electrons. The largest absolute Gasteiger partial charge is 0.341 e. The van der Waals surface area contributed by atoms with E-state index in [2.05, 4.69) is 18.8 Å². The fourth-order valence-corrected chi connectivity index (χ4v) is 3.49. The van der Waals surface area contributed by atoms with Gasteiger partial charge in [0.05, 0.1) is 5.52 Å². The Morgan fingerprint density at radius 3 is 2.68 bits per heavy atom. The first-order valence-electron chi connectivity index (χ1n) is 7.75. The Morgan fingerprint density at radius 1 is 1.32 bits per heavy atom.